The van der Waals surface area contributed by atoms with Crippen molar-refractivity contribution in [2.75, 3.05) is 19.0 Å². The third-order valence-electron chi connectivity index (χ3n) is 5.14. The molecular formula is C22H34ClFN3O9PS2. The van der Waals surface area contributed by atoms with Gasteiger partial charge in [0.1, 0.15) is 18.2 Å². The van der Waals surface area contributed by atoms with Crippen molar-refractivity contribution in [3.8, 4) is 0 Å². The maximum atomic E-state index is 15.3. The van der Waals surface area contributed by atoms with Crippen LogP contribution < -0.4 is 16.3 Å². The summed E-state index contributed by atoms with van der Waals surface area (Å²) in [6, 6.07) is 0.00297. The Morgan fingerprint density at radius 3 is 2.56 bits per heavy atom. The minimum Gasteiger partial charge on any atom is -0.462 e. The van der Waals surface area contributed by atoms with Gasteiger partial charge in [0, 0.05) is 23.4 Å². The molecule has 1 saturated heterocycles. The van der Waals surface area contributed by atoms with Crippen LogP contribution in [0.2, 0.25) is 0 Å². The SMILES string of the molecule is CC(C)OC(=O)[C@@H](C)N[P@](=S)(OCCSC(=O)C(C)(C)C)OC[C@H]1O[C@@H](n2ccc(=O)[nH]c2=O)[C@@](F)(Cl)[C@@H]1O. The van der Waals surface area contributed by atoms with E-state index in [1.807, 2.05) is 4.98 Å². The Labute approximate surface area is 239 Å². The summed E-state index contributed by atoms with van der Waals surface area (Å²) in [4.78, 5) is 50.0. The summed E-state index contributed by atoms with van der Waals surface area (Å²) < 4.78 is 38.2. The molecular weight excluding hydrogens is 600 g/mol. The van der Waals surface area contributed by atoms with Crippen LogP contribution in [0.4, 0.5) is 4.39 Å². The molecule has 1 aliphatic heterocycles. The van der Waals surface area contributed by atoms with Crippen molar-refractivity contribution in [3.63, 3.8) is 0 Å². The van der Waals surface area contributed by atoms with Crippen LogP contribution in [0.25, 0.3) is 0 Å². The standard InChI is InChI=1S/C22H34ClFN3O9PS2/c1-12(2)35-17(30)13(3)26-37(38,33-9-10-39-19(31)21(4,5)6)34-11-14-16(29)22(23,24)18(36-14)27-8-7-15(28)25-20(27)32/h7-8,12-14,16,18,29H,9-11H2,1-6H3,(H,26,38)(H,25,28,32)/t13-,14-,16-,18-,22-,37+/m1/s1. The first-order valence-corrected chi connectivity index (χ1v) is 15.9. The quantitative estimate of drug-likeness (QED) is 0.134. The van der Waals surface area contributed by atoms with Gasteiger partial charge < -0.3 is 23.6 Å². The second-order valence-corrected chi connectivity index (χ2v) is 14.9. The van der Waals surface area contributed by atoms with E-state index in [2.05, 4.69) is 5.09 Å². The number of hydrogen-bond acceptors (Lipinski definition) is 11. The summed E-state index contributed by atoms with van der Waals surface area (Å²) in [5.74, 6) is -0.388. The van der Waals surface area contributed by atoms with Crippen molar-refractivity contribution < 1.29 is 37.6 Å². The molecule has 1 aliphatic rings. The number of carbonyl (C=O) groups is 2. The van der Waals surface area contributed by atoms with Crippen LogP contribution in [0.5, 0.6) is 0 Å². The fraction of sp³-hybridized carbons (Fsp3) is 0.727. The van der Waals surface area contributed by atoms with E-state index in [-0.39, 0.29) is 17.5 Å². The van der Waals surface area contributed by atoms with Crippen molar-refractivity contribution in [1.82, 2.24) is 14.6 Å². The second kappa shape index (κ2) is 13.7. The number of aromatic amines is 1. The van der Waals surface area contributed by atoms with Crippen LogP contribution in [0.15, 0.2) is 21.9 Å². The summed E-state index contributed by atoms with van der Waals surface area (Å²) in [6.45, 7) is 6.09. The van der Waals surface area contributed by atoms with Gasteiger partial charge in [-0.15, -0.1) is 0 Å². The van der Waals surface area contributed by atoms with E-state index in [0.717, 1.165) is 24.0 Å². The number of hydrogen-bond donors (Lipinski definition) is 3. The lowest BCUT2D eigenvalue weighted by Gasteiger charge is -2.28. The van der Waals surface area contributed by atoms with Crippen molar-refractivity contribution in [1.29, 1.82) is 0 Å². The Kier molecular flexibility index (Phi) is 11.9. The van der Waals surface area contributed by atoms with E-state index in [4.69, 9.17) is 41.9 Å². The second-order valence-electron chi connectivity index (χ2n) is 10.0. The number of thioether (sulfide) groups is 1. The molecule has 222 valence electrons. The normalized spacial score (nSPS) is 25.8. The Morgan fingerprint density at radius 2 is 2.00 bits per heavy atom. The van der Waals surface area contributed by atoms with Gasteiger partial charge in [-0.1, -0.05) is 44.1 Å². The van der Waals surface area contributed by atoms with Crippen molar-refractivity contribution in [2.45, 2.75) is 77.3 Å². The van der Waals surface area contributed by atoms with Gasteiger partial charge in [0.15, 0.2) is 11.3 Å². The summed E-state index contributed by atoms with van der Waals surface area (Å²) >= 11 is 12.5. The monoisotopic (exact) mass is 633 g/mol. The van der Waals surface area contributed by atoms with Gasteiger partial charge in [-0.25, -0.2) is 14.3 Å². The minimum absolute atomic E-state index is 0.0330. The largest absolute Gasteiger partial charge is 0.462 e. The first kappa shape index (κ1) is 34.0. The fourth-order valence-electron chi connectivity index (χ4n) is 3.13. The number of esters is 1. The van der Waals surface area contributed by atoms with E-state index in [9.17, 15) is 24.3 Å². The predicted molar refractivity (Wildman–Crippen MR) is 148 cm³/mol. The molecule has 0 unspecified atom stereocenters. The molecule has 6 atom stereocenters. The average Bonchev–Trinajstić information content (AvgIpc) is 3.03. The van der Waals surface area contributed by atoms with Crippen molar-refractivity contribution >= 4 is 52.9 Å². The minimum atomic E-state index is -3.52. The smallest absolute Gasteiger partial charge is 0.330 e. The summed E-state index contributed by atoms with van der Waals surface area (Å²) in [5.41, 5.74) is -2.28. The molecule has 0 aliphatic carbocycles. The summed E-state index contributed by atoms with van der Waals surface area (Å²) in [7, 11) is 0. The molecule has 2 rings (SSSR count). The van der Waals surface area contributed by atoms with Crippen LogP contribution in [-0.2, 0) is 39.9 Å². The number of rotatable bonds is 12. The molecule has 0 aromatic carbocycles. The number of H-pyrrole nitrogens is 1. The molecule has 12 nitrogen and oxygen atoms in total. The molecule has 3 N–H and O–H groups in total. The van der Waals surface area contributed by atoms with Gasteiger partial charge in [0.05, 0.1) is 19.3 Å². The molecule has 17 heteroatoms. The Balaban J connectivity index is 2.16. The highest BCUT2D eigenvalue weighted by molar-refractivity contribution is 8.13. The van der Waals surface area contributed by atoms with Crippen LogP contribution in [-0.4, -0.2) is 74.2 Å². The van der Waals surface area contributed by atoms with Gasteiger partial charge in [0.25, 0.3) is 17.3 Å². The Bertz CT molecular complexity index is 1190. The maximum absolute atomic E-state index is 15.3. The van der Waals surface area contributed by atoms with E-state index >= 15 is 4.39 Å². The van der Waals surface area contributed by atoms with Gasteiger partial charge in [-0.2, -0.15) is 0 Å². The first-order valence-electron chi connectivity index (χ1n) is 11.9. The van der Waals surface area contributed by atoms with E-state index in [0.29, 0.717) is 4.57 Å². The van der Waals surface area contributed by atoms with Gasteiger partial charge in [0.2, 0.25) is 0 Å². The molecule has 1 fully saturated rings. The number of nitrogens with one attached hydrogen (secondary N) is 2. The van der Waals surface area contributed by atoms with Crippen LogP contribution in [0.3, 0.4) is 0 Å². The molecule has 39 heavy (non-hydrogen) atoms. The van der Waals surface area contributed by atoms with Crippen LogP contribution in [0.1, 0.15) is 47.8 Å². The number of halogens is 2. The van der Waals surface area contributed by atoms with Gasteiger partial charge in [-0.05, 0) is 32.6 Å². The first-order chi connectivity index (χ1) is 17.9. The molecule has 1 aromatic heterocycles. The number of ether oxygens (including phenoxy) is 2. The molecule has 1 aromatic rings. The fourth-order valence-corrected chi connectivity index (χ4v) is 6.70. The number of carbonyl (C=O) groups excluding carboxylic acids is 2. The average molecular weight is 634 g/mol. The summed E-state index contributed by atoms with van der Waals surface area (Å²) in [5, 5.41) is 10.3. The number of aliphatic hydroxyl groups excluding tert-OH is 1. The van der Waals surface area contributed by atoms with Gasteiger partial charge in [-0.3, -0.25) is 23.9 Å². The molecule has 0 radical (unpaired) electrons. The lowest BCUT2D eigenvalue weighted by Crippen LogP contribution is -2.42. The van der Waals surface area contributed by atoms with Gasteiger partial charge >= 0.3 is 11.7 Å². The zero-order valence-corrected chi connectivity index (χ0v) is 25.6. The third kappa shape index (κ3) is 9.44. The topological polar surface area (TPSA) is 158 Å². The third-order valence-corrected chi connectivity index (χ3v) is 9.46. The number of aromatic nitrogens is 2. The van der Waals surface area contributed by atoms with E-state index in [1.165, 1.54) is 6.92 Å². The molecule has 0 amide bonds. The molecule has 2 heterocycles. The Hall–Kier alpha value is -1.16. The van der Waals surface area contributed by atoms with Crippen molar-refractivity contribution in [2.24, 2.45) is 5.41 Å². The summed E-state index contributed by atoms with van der Waals surface area (Å²) in [6.07, 6.45) is -4.61. The lowest BCUT2D eigenvalue weighted by atomic mass is 10.00. The highest BCUT2D eigenvalue weighted by Crippen LogP contribution is 2.48. The van der Waals surface area contributed by atoms with Crippen LogP contribution >= 0.6 is 30.0 Å². The number of nitrogens with zero attached hydrogens (tertiary/aromatic N) is 1. The lowest BCUT2D eigenvalue weighted by molar-refractivity contribution is -0.149. The number of alkyl halides is 2. The highest BCUT2D eigenvalue weighted by Gasteiger charge is 2.58. The maximum Gasteiger partial charge on any atom is 0.330 e. The highest BCUT2D eigenvalue weighted by atomic mass is 35.5. The molecule has 0 saturated carbocycles. The van der Waals surface area contributed by atoms with E-state index in [1.54, 1.807) is 34.6 Å². The predicted octanol–water partition coefficient (Wildman–Crippen LogP) is 2.19. The number of aliphatic hydroxyl groups is 1. The zero-order chi connectivity index (χ0) is 29.8. The van der Waals surface area contributed by atoms with Crippen LogP contribution in [0, 0.1) is 5.41 Å². The molecule has 0 bridgehead atoms. The van der Waals surface area contributed by atoms with Crippen molar-refractivity contribution in [3.05, 3.63) is 33.1 Å². The molecule has 0 spiro atoms. The zero-order valence-electron chi connectivity index (χ0n) is 22.3. The van der Waals surface area contributed by atoms with E-state index < -0.39 is 71.6 Å². The Morgan fingerprint density at radius 1 is 1.36 bits per heavy atom.